The molecule has 1 atom stereocenters. The maximum Gasteiger partial charge on any atom is 0.340 e. The van der Waals surface area contributed by atoms with E-state index < -0.39 is 52.1 Å². The highest BCUT2D eigenvalue weighted by Crippen LogP contribution is 2.57. The molecule has 1 spiro atoms. The molecule has 0 aliphatic carbocycles. The Balaban J connectivity index is 0.645. The van der Waals surface area contributed by atoms with Gasteiger partial charge in [-0.2, -0.15) is 0 Å². The van der Waals surface area contributed by atoms with E-state index in [4.69, 9.17) is 55.0 Å². The minimum atomic E-state index is -1.40. The molecular formula is C67H84N10O18S2. The Kier molecular flexibility index (Phi) is 26.5. The second-order valence-corrected chi connectivity index (χ2v) is 25.7. The highest BCUT2D eigenvalue weighted by molar-refractivity contribution is 7.80. The van der Waals surface area contributed by atoms with Gasteiger partial charge in [0.1, 0.15) is 40.5 Å². The number of carbonyl (C=O) groups is 7. The number of thiazole rings is 1. The maximum absolute atomic E-state index is 13.6. The molecule has 28 nitrogen and oxygen atoms in total. The van der Waals surface area contributed by atoms with Gasteiger partial charge in [-0.25, -0.2) is 14.8 Å². The van der Waals surface area contributed by atoms with Crippen LogP contribution in [0.1, 0.15) is 108 Å². The lowest BCUT2D eigenvalue weighted by Crippen LogP contribution is -2.49. The number of hydrogen-bond acceptors (Lipinski definition) is 21. The topological polar surface area (TPSA) is 348 Å². The number of fused-ring (bicyclic) bond motifs is 7. The molecule has 8 rings (SSSR count). The van der Waals surface area contributed by atoms with Crippen LogP contribution in [-0.2, 0) is 58.0 Å². The Hall–Kier alpha value is -9.01. The summed E-state index contributed by atoms with van der Waals surface area (Å²) in [6.07, 6.45) is 3.95. The van der Waals surface area contributed by atoms with E-state index in [2.05, 4.69) is 42.2 Å². The van der Waals surface area contributed by atoms with Crippen molar-refractivity contribution in [2.75, 3.05) is 124 Å². The number of thiocarbonyl (C=S) groups is 1. The van der Waals surface area contributed by atoms with E-state index in [1.54, 1.807) is 59.3 Å². The highest BCUT2D eigenvalue weighted by atomic mass is 32.1. The number of carbonyl (C=O) groups excluding carboxylic acids is 7. The number of rotatable bonds is 38. The molecule has 6 aromatic rings. The number of nitrogens with one attached hydrogen (secondary N) is 7. The van der Waals surface area contributed by atoms with Crippen LogP contribution in [0.25, 0.3) is 4.96 Å². The number of nitrogens with zero attached hydrogens (tertiary/aromatic N) is 3. The first-order valence-electron chi connectivity index (χ1n) is 31.5. The quantitative estimate of drug-likeness (QED) is 0.00904. The van der Waals surface area contributed by atoms with Crippen LogP contribution in [-0.4, -0.2) is 191 Å². The zero-order valence-electron chi connectivity index (χ0n) is 55.3. The number of hydroxylamine groups is 2. The largest absolute Gasteiger partial charge is 0.508 e. The van der Waals surface area contributed by atoms with Gasteiger partial charge in [-0.3, -0.25) is 38.0 Å². The minimum Gasteiger partial charge on any atom is -0.508 e. The Labute approximate surface area is 570 Å². The molecule has 0 unspecified atom stereocenters. The van der Waals surface area contributed by atoms with Gasteiger partial charge in [0.05, 0.1) is 91.4 Å². The van der Waals surface area contributed by atoms with Crippen LogP contribution >= 0.6 is 23.6 Å². The molecule has 2 aromatic heterocycles. The third kappa shape index (κ3) is 20.8. The third-order valence-corrected chi connectivity index (χ3v) is 16.4. The number of aromatic hydroxyl groups is 2. The predicted octanol–water partition coefficient (Wildman–Crippen LogP) is 6.18. The molecule has 2 aliphatic rings. The number of anilines is 2. The average molecular weight is 1380 g/mol. The first kappa shape index (κ1) is 73.8. The summed E-state index contributed by atoms with van der Waals surface area (Å²) in [6, 6.07) is 18.0. The number of amides is 6. The van der Waals surface area contributed by atoms with Crippen molar-refractivity contribution in [3.8, 4) is 28.7 Å². The monoisotopic (exact) mass is 1380 g/mol. The molecular weight excluding hydrogens is 1300 g/mol. The SMILES string of the molecule is COc1ccc(NC(=O)c2cn3ccsc3n2)cc1C(=O)NCCCC(=O)NCCOCCOCCOCCOCCNC(=O)[C@@H](CCC(=O)N(C)OC)NC(=O)CC(C)(C)COCC(C)(C)CNC(=S)Nc1ccc2c(c1)C(=O)OC21c2ccc(O)cc2Oc2cc(O)ccc21. The Morgan fingerprint density at radius 1 is 0.701 bits per heavy atom. The Morgan fingerprint density at radius 3 is 1.97 bits per heavy atom. The summed E-state index contributed by atoms with van der Waals surface area (Å²) in [4.78, 5) is 101. The molecule has 6 amide bonds. The van der Waals surface area contributed by atoms with Gasteiger partial charge in [0.25, 0.3) is 11.8 Å². The molecule has 0 saturated carbocycles. The molecule has 0 fully saturated rings. The van der Waals surface area contributed by atoms with Gasteiger partial charge in [0.2, 0.25) is 23.6 Å². The van der Waals surface area contributed by atoms with E-state index in [0.29, 0.717) is 102 Å². The van der Waals surface area contributed by atoms with Crippen molar-refractivity contribution in [2.24, 2.45) is 10.8 Å². The maximum atomic E-state index is 13.6. The van der Waals surface area contributed by atoms with Crippen molar-refractivity contribution in [2.45, 2.75) is 71.4 Å². The smallest absolute Gasteiger partial charge is 0.340 e. The van der Waals surface area contributed by atoms with Gasteiger partial charge in [-0.1, -0.05) is 33.8 Å². The van der Waals surface area contributed by atoms with Crippen molar-refractivity contribution in [3.05, 3.63) is 124 Å². The van der Waals surface area contributed by atoms with Crippen molar-refractivity contribution in [1.29, 1.82) is 0 Å². The predicted molar refractivity (Wildman–Crippen MR) is 361 cm³/mol. The number of methoxy groups -OCH3 is 1. The Bertz CT molecular complexity index is 3690. The van der Waals surface area contributed by atoms with E-state index in [1.165, 1.54) is 62.9 Å². The number of phenolic OH excluding ortho intramolecular Hbond substituents is 2. The summed E-state index contributed by atoms with van der Waals surface area (Å²) in [7, 11) is 4.25. The lowest BCUT2D eigenvalue weighted by Gasteiger charge is -2.36. The van der Waals surface area contributed by atoms with Gasteiger partial charge in [-0.05, 0) is 85.1 Å². The zero-order valence-corrected chi connectivity index (χ0v) is 56.9. The molecule has 0 saturated heterocycles. The van der Waals surface area contributed by atoms with Crippen LogP contribution in [0.5, 0.6) is 28.7 Å². The summed E-state index contributed by atoms with van der Waals surface area (Å²) in [5, 5.41) is 44.0. The summed E-state index contributed by atoms with van der Waals surface area (Å²) in [6.45, 7) is 11.5. The Morgan fingerprint density at radius 2 is 1.32 bits per heavy atom. The number of phenols is 2. The number of aromatic nitrogens is 2. The summed E-state index contributed by atoms with van der Waals surface area (Å²) in [5.41, 5.74) is 0.749. The van der Waals surface area contributed by atoms with Crippen LogP contribution in [0.2, 0.25) is 0 Å². The van der Waals surface area contributed by atoms with Gasteiger partial charge in [0, 0.05) is 116 Å². The van der Waals surface area contributed by atoms with E-state index in [9.17, 15) is 43.8 Å². The van der Waals surface area contributed by atoms with E-state index in [-0.39, 0.29) is 118 Å². The molecule has 2 aliphatic heterocycles. The number of hydrogen-bond donors (Lipinski definition) is 9. The number of benzene rings is 4. The number of esters is 1. The van der Waals surface area contributed by atoms with Crippen molar-refractivity contribution in [3.63, 3.8) is 0 Å². The van der Waals surface area contributed by atoms with Crippen molar-refractivity contribution >= 4 is 86.4 Å². The molecule has 0 bridgehead atoms. The lowest BCUT2D eigenvalue weighted by molar-refractivity contribution is -0.168. The van der Waals surface area contributed by atoms with Gasteiger partial charge < -0.3 is 85.3 Å². The lowest BCUT2D eigenvalue weighted by atomic mass is 9.77. The molecule has 522 valence electrons. The van der Waals surface area contributed by atoms with Crippen LogP contribution < -0.4 is 46.7 Å². The van der Waals surface area contributed by atoms with Crippen LogP contribution in [0.3, 0.4) is 0 Å². The first-order valence-corrected chi connectivity index (χ1v) is 32.8. The van der Waals surface area contributed by atoms with Gasteiger partial charge in [0.15, 0.2) is 15.7 Å². The fraction of sp³-hybridized carbons (Fsp3) is 0.448. The minimum absolute atomic E-state index is 0.0119. The van der Waals surface area contributed by atoms with Crippen LogP contribution in [0.4, 0.5) is 11.4 Å². The third-order valence-electron chi connectivity index (χ3n) is 15.4. The van der Waals surface area contributed by atoms with Gasteiger partial charge in [-0.15, -0.1) is 11.3 Å². The summed E-state index contributed by atoms with van der Waals surface area (Å²) >= 11 is 7.07. The van der Waals surface area contributed by atoms with E-state index in [0.717, 1.165) is 5.06 Å². The zero-order chi connectivity index (χ0) is 69.7. The summed E-state index contributed by atoms with van der Waals surface area (Å²) < 4.78 is 47.8. The summed E-state index contributed by atoms with van der Waals surface area (Å²) in [5.74, 6) is -2.09. The molecule has 0 radical (unpaired) electrons. The number of ether oxygens (including phenoxy) is 8. The molecule has 97 heavy (non-hydrogen) atoms. The van der Waals surface area contributed by atoms with Gasteiger partial charge >= 0.3 is 5.97 Å². The van der Waals surface area contributed by atoms with Crippen molar-refractivity contribution < 1.29 is 86.5 Å². The highest BCUT2D eigenvalue weighted by Gasteiger charge is 2.54. The standard InChI is InChI=1S/C67H84N10O18S2/c1-65(2,40-93-41-66(3,4)39-71-63(96)73-43-10-14-48-46(33-43)62(86)95-67(48)49-15-12-44(78)35-54(49)94-55-36-45(79)13-16-50(55)67)37-57(81)74-51(17-19-58(82)76(5)88-7)60(84)70-22-25-90-27-29-92-31-30-91-28-26-89-24-21-68-56(80)9-8-20-69-59(83)47-34-42(11-18-53(47)87-6)72-61(85)52-38-77-23-32-97-64(77)75-52/h10-16,18,23,32-36,38,51,78-79H,8-9,17,19-22,24-31,37,39-41H2,1-7H3,(H,68,80)(H,69,83)(H,70,84)(H,72,85)(H,74,81)(H2,71,73,96)/t51-/m1/s1. The van der Waals surface area contributed by atoms with Crippen molar-refractivity contribution in [1.82, 2.24) is 41.0 Å². The van der Waals surface area contributed by atoms with Crippen LogP contribution in [0.15, 0.2) is 90.6 Å². The molecule has 9 N–H and O–H groups in total. The fourth-order valence-corrected chi connectivity index (χ4v) is 11.4. The average Bonchev–Trinajstić information content (AvgIpc) is 1.57. The van der Waals surface area contributed by atoms with Crippen LogP contribution in [0, 0.1) is 10.8 Å². The van der Waals surface area contributed by atoms with E-state index in [1.807, 2.05) is 33.1 Å². The number of imidazole rings is 1. The molecule has 4 aromatic carbocycles. The second-order valence-electron chi connectivity index (χ2n) is 24.4. The molecule has 30 heteroatoms. The van der Waals surface area contributed by atoms with E-state index >= 15 is 0 Å². The normalized spacial score (nSPS) is 13.1. The molecule has 4 heterocycles. The fourth-order valence-electron chi connectivity index (χ4n) is 10.5. The second kappa shape index (κ2) is 34.8. The first-order chi connectivity index (χ1) is 46.5.